The number of benzene rings is 1. The topological polar surface area (TPSA) is 127 Å². The van der Waals surface area contributed by atoms with E-state index < -0.39 is 15.1 Å². The minimum atomic E-state index is -3.38. The zero-order chi connectivity index (χ0) is 24.5. The Labute approximate surface area is 200 Å². The normalized spacial score (nSPS) is 11.6. The van der Waals surface area contributed by atoms with Crippen molar-refractivity contribution in [3.05, 3.63) is 75.5 Å². The van der Waals surface area contributed by atoms with Crippen molar-refractivity contribution in [3.63, 3.8) is 0 Å². The number of nitrogens with one attached hydrogen (secondary N) is 2. The molecule has 4 rings (SSSR count). The molecule has 0 aliphatic rings. The number of aromatic nitrogens is 4. The molecule has 0 radical (unpaired) electrons. The molecule has 0 fully saturated rings. The van der Waals surface area contributed by atoms with Gasteiger partial charge in [-0.2, -0.15) is 9.78 Å². The molecule has 3 aromatic heterocycles. The maximum absolute atomic E-state index is 12.8. The van der Waals surface area contributed by atoms with Gasteiger partial charge in [-0.05, 0) is 49.9 Å². The molecule has 1 aromatic carbocycles. The summed E-state index contributed by atoms with van der Waals surface area (Å²) < 4.78 is 26.0. The van der Waals surface area contributed by atoms with Gasteiger partial charge in [0.15, 0.2) is 9.84 Å². The molecule has 3 heterocycles. The molecule has 0 spiro atoms. The number of carbonyl (C=O) groups is 1. The number of H-pyrrole nitrogens is 1. The number of nitrogens with zero attached hydrogens (tertiary/aromatic N) is 3. The van der Waals surface area contributed by atoms with Gasteiger partial charge in [0, 0.05) is 17.8 Å². The summed E-state index contributed by atoms with van der Waals surface area (Å²) in [6.45, 7) is 4.95. The fraction of sp³-hybridized carbons (Fsp3) is 0.217. The smallest absolute Gasteiger partial charge is 0.252 e. The first-order valence-corrected chi connectivity index (χ1v) is 12.9. The highest BCUT2D eigenvalue weighted by atomic mass is 32.2. The molecule has 0 bridgehead atoms. The summed E-state index contributed by atoms with van der Waals surface area (Å²) in [5.74, 6) is 0.209. The van der Waals surface area contributed by atoms with Crippen LogP contribution in [-0.2, 0) is 21.1 Å². The summed E-state index contributed by atoms with van der Waals surface area (Å²) in [4.78, 5) is 32.9. The lowest BCUT2D eigenvalue weighted by molar-refractivity contribution is -0.115. The highest BCUT2D eigenvalue weighted by Crippen LogP contribution is 2.27. The van der Waals surface area contributed by atoms with Crippen LogP contribution in [0.1, 0.15) is 25.1 Å². The minimum absolute atomic E-state index is 0.0271. The molecule has 4 aromatic rings. The first-order chi connectivity index (χ1) is 16.1. The highest BCUT2D eigenvalue weighted by Gasteiger charge is 2.20. The van der Waals surface area contributed by atoms with E-state index in [0.717, 1.165) is 4.88 Å². The molecular weight excluding hydrogens is 474 g/mol. The third kappa shape index (κ3) is 5.00. The number of anilines is 1. The molecule has 0 saturated carbocycles. The fourth-order valence-electron chi connectivity index (χ4n) is 3.28. The van der Waals surface area contributed by atoms with Gasteiger partial charge in [0.25, 0.3) is 5.56 Å². The molecule has 9 nitrogen and oxygen atoms in total. The molecule has 0 saturated heterocycles. The van der Waals surface area contributed by atoms with E-state index in [9.17, 15) is 18.0 Å². The van der Waals surface area contributed by atoms with E-state index in [4.69, 9.17) is 0 Å². The molecule has 0 atom stereocenters. The second-order valence-corrected chi connectivity index (χ2v) is 11.4. The zero-order valence-electron chi connectivity index (χ0n) is 18.8. The number of aromatic amines is 1. The lowest BCUT2D eigenvalue weighted by Gasteiger charge is -2.10. The number of hydrogen-bond donors (Lipinski definition) is 2. The van der Waals surface area contributed by atoms with E-state index in [1.54, 1.807) is 39.0 Å². The van der Waals surface area contributed by atoms with Crippen molar-refractivity contribution >= 4 is 32.9 Å². The number of sulfone groups is 1. The molecule has 0 aliphatic carbocycles. The summed E-state index contributed by atoms with van der Waals surface area (Å²) in [5.41, 5.74) is 1.47. The van der Waals surface area contributed by atoms with Crippen LogP contribution in [0.3, 0.4) is 0 Å². The van der Waals surface area contributed by atoms with Crippen molar-refractivity contribution in [2.45, 2.75) is 37.3 Å². The van der Waals surface area contributed by atoms with Crippen molar-refractivity contribution in [1.82, 2.24) is 19.7 Å². The van der Waals surface area contributed by atoms with Gasteiger partial charge in [0.1, 0.15) is 11.5 Å². The van der Waals surface area contributed by atoms with Gasteiger partial charge in [0.2, 0.25) is 11.9 Å². The Bertz CT molecular complexity index is 1490. The third-order valence-corrected chi connectivity index (χ3v) is 8.11. The Morgan fingerprint density at radius 3 is 2.53 bits per heavy atom. The van der Waals surface area contributed by atoms with Crippen LogP contribution in [0.5, 0.6) is 0 Å². The number of aryl methyl sites for hydroxylation is 1. The minimum Gasteiger partial charge on any atom is -0.310 e. The molecule has 176 valence electrons. The zero-order valence-corrected chi connectivity index (χ0v) is 20.4. The van der Waals surface area contributed by atoms with Gasteiger partial charge >= 0.3 is 0 Å². The number of rotatable bonds is 7. The third-order valence-electron chi connectivity index (χ3n) is 5.05. The van der Waals surface area contributed by atoms with E-state index in [-0.39, 0.29) is 28.7 Å². The number of thiophene rings is 1. The van der Waals surface area contributed by atoms with Crippen molar-refractivity contribution < 1.29 is 13.2 Å². The van der Waals surface area contributed by atoms with Crippen molar-refractivity contribution in [2.24, 2.45) is 0 Å². The molecule has 0 aliphatic heterocycles. The lowest BCUT2D eigenvalue weighted by Crippen LogP contribution is -2.20. The molecule has 2 N–H and O–H groups in total. The average molecular weight is 498 g/mol. The Kier molecular flexibility index (Phi) is 6.49. The second kappa shape index (κ2) is 9.35. The summed E-state index contributed by atoms with van der Waals surface area (Å²) in [7, 11) is -3.38. The quantitative estimate of drug-likeness (QED) is 0.403. The van der Waals surface area contributed by atoms with Gasteiger partial charge < -0.3 is 5.32 Å². The van der Waals surface area contributed by atoms with Crippen LogP contribution in [0.15, 0.2) is 63.6 Å². The predicted molar refractivity (Wildman–Crippen MR) is 131 cm³/mol. The van der Waals surface area contributed by atoms with Crippen LogP contribution < -0.4 is 10.9 Å². The standard InChI is InChI=1S/C23H23N5O4S2/c1-14(2)34(31,32)17-8-6-16(7-9-17)12-22(30)25-20-13-18(19-5-4-10-33-19)27-28(20)23-24-15(3)11-21(29)26-23/h4-11,13-14H,12H2,1-3H3,(H,25,30)(H,24,26,29). The molecule has 34 heavy (non-hydrogen) atoms. The molecular formula is C23H23N5O4S2. The number of hydrogen-bond acceptors (Lipinski definition) is 7. The second-order valence-electron chi connectivity index (χ2n) is 7.98. The summed E-state index contributed by atoms with van der Waals surface area (Å²) >= 11 is 1.50. The Balaban J connectivity index is 1.60. The molecule has 11 heteroatoms. The highest BCUT2D eigenvalue weighted by molar-refractivity contribution is 7.92. The largest absolute Gasteiger partial charge is 0.310 e. The summed E-state index contributed by atoms with van der Waals surface area (Å²) in [6.07, 6.45) is 0.0271. The maximum Gasteiger partial charge on any atom is 0.252 e. The van der Waals surface area contributed by atoms with Gasteiger partial charge in [-0.1, -0.05) is 18.2 Å². The first kappa shape index (κ1) is 23.6. The van der Waals surface area contributed by atoms with Crippen molar-refractivity contribution in [2.75, 3.05) is 5.32 Å². The fourth-order valence-corrected chi connectivity index (χ4v) is 5.02. The number of amides is 1. The first-order valence-electron chi connectivity index (χ1n) is 10.5. The van der Waals surface area contributed by atoms with Gasteiger partial charge in [-0.25, -0.2) is 13.4 Å². The van der Waals surface area contributed by atoms with E-state index >= 15 is 0 Å². The Morgan fingerprint density at radius 1 is 1.18 bits per heavy atom. The van der Waals surface area contributed by atoms with Gasteiger partial charge in [0.05, 0.1) is 21.4 Å². The molecule has 0 unspecified atom stereocenters. The van der Waals surface area contributed by atoms with Gasteiger partial charge in [-0.15, -0.1) is 11.3 Å². The monoisotopic (exact) mass is 497 g/mol. The van der Waals surface area contributed by atoms with Crippen LogP contribution in [0.4, 0.5) is 5.82 Å². The predicted octanol–water partition coefficient (Wildman–Crippen LogP) is 3.36. The van der Waals surface area contributed by atoms with Crippen LogP contribution >= 0.6 is 11.3 Å². The van der Waals surface area contributed by atoms with E-state index in [1.807, 2.05) is 17.5 Å². The van der Waals surface area contributed by atoms with E-state index in [2.05, 4.69) is 20.4 Å². The molecule has 1 amide bonds. The van der Waals surface area contributed by atoms with Crippen LogP contribution in [0.25, 0.3) is 16.5 Å². The van der Waals surface area contributed by atoms with Crippen molar-refractivity contribution in [3.8, 4) is 16.5 Å². The summed E-state index contributed by atoms with van der Waals surface area (Å²) in [6, 6.07) is 13.2. The SMILES string of the molecule is Cc1cc(=O)[nH]c(-n2nc(-c3cccs3)cc2NC(=O)Cc2ccc(S(=O)(=O)C(C)C)cc2)n1. The Hall–Kier alpha value is -3.57. The van der Waals surface area contributed by atoms with Gasteiger partial charge in [-0.3, -0.25) is 14.6 Å². The average Bonchev–Trinajstić information content (AvgIpc) is 3.43. The van der Waals surface area contributed by atoms with E-state index in [0.29, 0.717) is 22.8 Å². The van der Waals surface area contributed by atoms with Crippen LogP contribution in [0.2, 0.25) is 0 Å². The van der Waals surface area contributed by atoms with Crippen LogP contribution in [-0.4, -0.2) is 39.3 Å². The summed E-state index contributed by atoms with van der Waals surface area (Å²) in [5, 5.41) is 8.75. The van der Waals surface area contributed by atoms with Crippen molar-refractivity contribution in [1.29, 1.82) is 0 Å². The lowest BCUT2D eigenvalue weighted by atomic mass is 10.1. The van der Waals surface area contributed by atoms with E-state index in [1.165, 1.54) is 34.2 Å². The maximum atomic E-state index is 12.8. The van der Waals surface area contributed by atoms with Crippen LogP contribution in [0, 0.1) is 6.92 Å². The number of carbonyl (C=O) groups excluding carboxylic acids is 1. The Morgan fingerprint density at radius 2 is 1.91 bits per heavy atom.